The summed E-state index contributed by atoms with van der Waals surface area (Å²) < 4.78 is 18.6. The molecule has 1 saturated heterocycles. The fraction of sp³-hybridized carbons (Fsp3) is 0.516. The molecule has 0 saturated carbocycles. The normalized spacial score (nSPS) is 14.9. The van der Waals surface area contributed by atoms with Crippen LogP contribution in [0, 0.1) is 17.4 Å². The van der Waals surface area contributed by atoms with Crippen molar-refractivity contribution in [2.75, 3.05) is 31.1 Å². The number of piperidine rings is 1. The Morgan fingerprint density at radius 3 is 2.42 bits per heavy atom. The molecule has 1 aliphatic heterocycles. The minimum Gasteiger partial charge on any atom is -0.494 e. The number of unbranched alkanes of at least 4 members (excludes halogenated alkanes) is 3. The van der Waals surface area contributed by atoms with Gasteiger partial charge in [-0.25, -0.2) is 4.79 Å². The Kier molecular flexibility index (Phi) is 12.9. The van der Waals surface area contributed by atoms with Crippen LogP contribution in [0.25, 0.3) is 0 Å². The molecule has 1 aromatic heterocycles. The van der Waals surface area contributed by atoms with Crippen molar-refractivity contribution in [2.45, 2.75) is 71.1 Å². The number of nitriles is 1. The average molecular weight is 614 g/mol. The molecule has 2 N–H and O–H groups in total. The number of likely N-dealkylation sites (tertiary alicyclic amines) is 1. The van der Waals surface area contributed by atoms with Gasteiger partial charge in [0.1, 0.15) is 11.4 Å². The first-order valence-electron chi connectivity index (χ1n) is 14.6. The molecule has 1 aliphatic rings. The summed E-state index contributed by atoms with van der Waals surface area (Å²) in [5, 5.41) is 9.76. The number of benzene rings is 1. The molecule has 43 heavy (non-hydrogen) atoms. The maximum Gasteiger partial charge on any atom is 0.410 e. The third-order valence-corrected chi connectivity index (χ3v) is 7.28. The quantitative estimate of drug-likeness (QED) is 0.0815. The van der Waals surface area contributed by atoms with Gasteiger partial charge in [-0.15, -0.1) is 4.99 Å². The van der Waals surface area contributed by atoms with E-state index >= 15 is 0 Å². The monoisotopic (exact) mass is 613 g/mol. The van der Waals surface area contributed by atoms with Gasteiger partial charge in [-0.3, -0.25) is 4.79 Å². The van der Waals surface area contributed by atoms with Crippen LogP contribution in [-0.2, 0) is 14.3 Å². The van der Waals surface area contributed by atoms with Crippen molar-refractivity contribution in [3.8, 4) is 11.9 Å². The van der Waals surface area contributed by atoms with Crippen LogP contribution in [0.3, 0.4) is 0 Å². The molecule has 1 amide bonds. The van der Waals surface area contributed by atoms with Gasteiger partial charge < -0.3 is 29.7 Å². The van der Waals surface area contributed by atoms with E-state index in [1.54, 1.807) is 28.1 Å². The Hall–Kier alpha value is -4.04. The zero-order valence-electron chi connectivity index (χ0n) is 25.2. The van der Waals surface area contributed by atoms with Crippen LogP contribution in [0.1, 0.15) is 65.5 Å². The summed E-state index contributed by atoms with van der Waals surface area (Å²) in [5.41, 5.74) is 6.35. The van der Waals surface area contributed by atoms with E-state index in [4.69, 9.17) is 36.8 Å². The number of aliphatic imine (C=N–C) groups is 1. The molecule has 1 fully saturated rings. The van der Waals surface area contributed by atoms with Gasteiger partial charge in [-0.1, -0.05) is 24.4 Å². The van der Waals surface area contributed by atoms with Crippen molar-refractivity contribution in [1.29, 1.82) is 5.26 Å². The highest BCUT2D eigenvalue weighted by Gasteiger charge is 2.36. The lowest BCUT2D eigenvalue weighted by Gasteiger charge is -2.34. The molecule has 11 nitrogen and oxygen atoms in total. The van der Waals surface area contributed by atoms with Crippen LogP contribution < -0.4 is 19.9 Å². The third-order valence-electron chi connectivity index (χ3n) is 7.03. The Morgan fingerprint density at radius 2 is 1.81 bits per heavy atom. The number of anilines is 1. The van der Waals surface area contributed by atoms with Gasteiger partial charge in [0.05, 0.1) is 18.2 Å². The summed E-state index contributed by atoms with van der Waals surface area (Å²) in [4.78, 5) is 31.1. The summed E-state index contributed by atoms with van der Waals surface area (Å²) in [6.45, 7) is 8.20. The zero-order chi connectivity index (χ0) is 31.2. The van der Waals surface area contributed by atoms with Gasteiger partial charge in [0.2, 0.25) is 12.2 Å². The number of ether oxygens (including phenoxy) is 3. The standard InChI is InChI=1S/C31H42ClN6O5/c1-31(2,3)43-30(40)37-17-12-24(13-18-37)28(42-23-39)36-19-14-26(15-20-36)38(29(34)35-22-33)16-6-4-5-7-21-41-27-10-8-25(32)9-11-27/h8-11,14-15,19-20,23-24,28H,4-7,12-13,16-18,21H2,1-3H3,(H2,34,35)/q+1. The van der Waals surface area contributed by atoms with Gasteiger partial charge in [0, 0.05) is 36.8 Å². The van der Waals surface area contributed by atoms with Crippen molar-refractivity contribution in [1.82, 2.24) is 4.90 Å². The van der Waals surface area contributed by atoms with Gasteiger partial charge >= 0.3 is 12.3 Å². The number of guanidine groups is 1. The Morgan fingerprint density at radius 1 is 1.16 bits per heavy atom. The largest absolute Gasteiger partial charge is 0.494 e. The Balaban J connectivity index is 1.54. The molecule has 0 spiro atoms. The van der Waals surface area contributed by atoms with Crippen LogP contribution in [0.5, 0.6) is 5.75 Å². The van der Waals surface area contributed by atoms with Crippen molar-refractivity contribution in [2.24, 2.45) is 16.6 Å². The number of carbonyl (C=O) groups excluding carboxylic acids is 2. The lowest BCUT2D eigenvalue weighted by Crippen LogP contribution is -2.49. The molecule has 2 aromatic rings. The lowest BCUT2D eigenvalue weighted by atomic mass is 9.95. The SMILES string of the molecule is CC(C)(C)OC(=O)N1CCC(C(OC=O)[n+]2ccc(N(CCCCCCOc3ccc(Cl)cc3)C(N)=NC#N)cc2)CC1. The zero-order valence-corrected chi connectivity index (χ0v) is 25.9. The summed E-state index contributed by atoms with van der Waals surface area (Å²) in [7, 11) is 0. The first kappa shape index (κ1) is 33.5. The molecule has 232 valence electrons. The Labute approximate surface area is 258 Å². The lowest BCUT2D eigenvalue weighted by molar-refractivity contribution is -0.764. The maximum absolute atomic E-state index is 12.4. The number of amides is 1. The molecule has 2 heterocycles. The molecular formula is C31H42ClN6O5+. The molecular weight excluding hydrogens is 572 g/mol. The van der Waals surface area contributed by atoms with Crippen molar-refractivity contribution < 1.29 is 28.4 Å². The second-order valence-corrected chi connectivity index (χ2v) is 11.8. The highest BCUT2D eigenvalue weighted by atomic mass is 35.5. The number of carbonyl (C=O) groups is 2. The number of rotatable bonds is 13. The first-order valence-corrected chi connectivity index (χ1v) is 14.9. The van der Waals surface area contributed by atoms with Gasteiger partial charge in [-0.2, -0.15) is 9.83 Å². The van der Waals surface area contributed by atoms with Crippen molar-refractivity contribution in [3.63, 3.8) is 0 Å². The van der Waals surface area contributed by atoms with Gasteiger partial charge in [0.25, 0.3) is 6.47 Å². The number of hydrogen-bond donors (Lipinski definition) is 1. The third kappa shape index (κ3) is 10.9. The van der Waals surface area contributed by atoms with Crippen molar-refractivity contribution in [3.05, 3.63) is 53.8 Å². The first-order chi connectivity index (χ1) is 20.6. The average Bonchev–Trinajstić information content (AvgIpc) is 2.98. The van der Waals surface area contributed by atoms with E-state index in [9.17, 15) is 9.59 Å². The predicted molar refractivity (Wildman–Crippen MR) is 163 cm³/mol. The second kappa shape index (κ2) is 16.6. The van der Waals surface area contributed by atoms with Gasteiger partial charge in [-0.05, 0) is 70.7 Å². The summed E-state index contributed by atoms with van der Waals surface area (Å²) in [5.74, 6) is 0.927. The molecule has 1 aromatic carbocycles. The molecule has 0 bridgehead atoms. The molecule has 1 unspecified atom stereocenters. The van der Waals surface area contributed by atoms with Crippen LogP contribution in [0.4, 0.5) is 10.5 Å². The van der Waals surface area contributed by atoms with Crippen LogP contribution >= 0.6 is 11.6 Å². The van der Waals surface area contributed by atoms with E-state index in [0.717, 1.165) is 37.1 Å². The summed E-state index contributed by atoms with van der Waals surface area (Å²) in [6.07, 6.45) is 9.54. The van der Waals surface area contributed by atoms with E-state index in [-0.39, 0.29) is 18.0 Å². The number of nitrogens with two attached hydrogens (primary N) is 1. The number of pyridine rings is 1. The number of hydrogen-bond acceptors (Lipinski definition) is 7. The van der Waals surface area contributed by atoms with Crippen LogP contribution in [-0.4, -0.2) is 55.3 Å². The Bertz CT molecular complexity index is 1240. The summed E-state index contributed by atoms with van der Waals surface area (Å²) >= 11 is 5.91. The van der Waals surface area contributed by atoms with E-state index in [1.165, 1.54) is 0 Å². The molecule has 0 radical (unpaired) electrons. The molecule has 0 aliphatic carbocycles. The predicted octanol–water partition coefficient (Wildman–Crippen LogP) is 5.19. The minimum absolute atomic E-state index is 0.0183. The highest BCUT2D eigenvalue weighted by molar-refractivity contribution is 6.30. The van der Waals surface area contributed by atoms with E-state index in [0.29, 0.717) is 50.6 Å². The van der Waals surface area contributed by atoms with Crippen molar-refractivity contribution >= 4 is 35.8 Å². The van der Waals surface area contributed by atoms with E-state index < -0.39 is 11.8 Å². The van der Waals surface area contributed by atoms with E-state index in [2.05, 4.69) is 4.99 Å². The fourth-order valence-corrected chi connectivity index (χ4v) is 5.01. The number of nitrogens with zero attached hydrogens (tertiary/aromatic N) is 5. The van der Waals surface area contributed by atoms with Crippen LogP contribution in [0.2, 0.25) is 5.02 Å². The second-order valence-electron chi connectivity index (χ2n) is 11.4. The fourth-order valence-electron chi connectivity index (χ4n) is 4.89. The molecule has 1 atom stereocenters. The minimum atomic E-state index is -0.558. The smallest absolute Gasteiger partial charge is 0.410 e. The molecule has 3 rings (SSSR count). The molecule has 12 heteroatoms. The summed E-state index contributed by atoms with van der Waals surface area (Å²) in [6, 6.07) is 11.0. The van der Waals surface area contributed by atoms with E-state index in [1.807, 2.05) is 62.0 Å². The topological polar surface area (TPSA) is 134 Å². The van der Waals surface area contributed by atoms with Crippen LogP contribution in [0.15, 0.2) is 53.8 Å². The number of halogens is 1. The highest BCUT2D eigenvalue weighted by Crippen LogP contribution is 2.27. The van der Waals surface area contributed by atoms with Gasteiger partial charge in [0.15, 0.2) is 12.4 Å². The number of aromatic nitrogens is 1. The maximum atomic E-state index is 12.4.